The first-order chi connectivity index (χ1) is 6.59. The molecule has 3 nitrogen and oxygen atoms in total. The molecule has 1 aliphatic carbocycles. The van der Waals surface area contributed by atoms with Gasteiger partial charge in [0.25, 0.3) is 5.91 Å². The van der Waals surface area contributed by atoms with Gasteiger partial charge in [-0.1, -0.05) is 23.8 Å². The van der Waals surface area contributed by atoms with Gasteiger partial charge in [-0.25, -0.2) is 0 Å². The molecule has 1 aromatic rings. The van der Waals surface area contributed by atoms with Crippen molar-refractivity contribution in [3.05, 3.63) is 40.6 Å². The predicted molar refractivity (Wildman–Crippen MR) is 55.2 cm³/mol. The number of hydrogen-bond acceptors (Lipinski definition) is 2. The van der Waals surface area contributed by atoms with E-state index in [4.69, 9.17) is 11.5 Å². The summed E-state index contributed by atoms with van der Waals surface area (Å²) in [4.78, 5) is 11.1. The number of carbonyl (C=O) groups excluding carboxylic acids is 1. The summed E-state index contributed by atoms with van der Waals surface area (Å²) < 4.78 is 0. The molecule has 0 fully saturated rings. The summed E-state index contributed by atoms with van der Waals surface area (Å²) in [6, 6.07) is 5.91. The Labute approximate surface area is 82.4 Å². The number of aryl methyl sites for hydroxylation is 1. The molecule has 0 saturated carbocycles. The highest BCUT2D eigenvalue weighted by atomic mass is 16.1. The van der Waals surface area contributed by atoms with Crippen LogP contribution in [-0.4, -0.2) is 5.91 Å². The van der Waals surface area contributed by atoms with Gasteiger partial charge in [-0.2, -0.15) is 0 Å². The zero-order valence-corrected chi connectivity index (χ0v) is 8.00. The van der Waals surface area contributed by atoms with Crippen molar-refractivity contribution < 1.29 is 4.79 Å². The average Bonchev–Trinajstić information content (AvgIpc) is 2.39. The van der Waals surface area contributed by atoms with E-state index in [-0.39, 0.29) is 0 Å². The molecule has 0 heterocycles. The van der Waals surface area contributed by atoms with E-state index in [9.17, 15) is 4.79 Å². The fraction of sp³-hybridized carbons (Fsp3) is 0.182. The molecule has 0 radical (unpaired) electrons. The van der Waals surface area contributed by atoms with Crippen LogP contribution in [0.15, 0.2) is 23.9 Å². The third kappa shape index (κ3) is 1.18. The Bertz CT molecular complexity index is 447. The molecule has 0 aromatic heterocycles. The second kappa shape index (κ2) is 2.87. The van der Waals surface area contributed by atoms with Crippen LogP contribution in [0.2, 0.25) is 0 Å². The van der Waals surface area contributed by atoms with Crippen LogP contribution in [-0.2, 0) is 11.2 Å². The van der Waals surface area contributed by atoms with Crippen molar-refractivity contribution in [3.8, 4) is 0 Å². The topological polar surface area (TPSA) is 69.1 Å². The maximum absolute atomic E-state index is 11.1. The second-order valence-corrected chi connectivity index (χ2v) is 3.60. The van der Waals surface area contributed by atoms with E-state index in [0.717, 1.165) is 11.1 Å². The van der Waals surface area contributed by atoms with Gasteiger partial charge in [0.05, 0.1) is 5.57 Å². The van der Waals surface area contributed by atoms with E-state index in [1.54, 1.807) is 0 Å². The molecule has 0 saturated heterocycles. The summed E-state index contributed by atoms with van der Waals surface area (Å²) in [7, 11) is 0. The van der Waals surface area contributed by atoms with E-state index >= 15 is 0 Å². The minimum Gasteiger partial charge on any atom is -0.401 e. The van der Waals surface area contributed by atoms with Crippen molar-refractivity contribution in [3.63, 3.8) is 0 Å². The van der Waals surface area contributed by atoms with Gasteiger partial charge in [0, 0.05) is 12.1 Å². The Morgan fingerprint density at radius 3 is 2.79 bits per heavy atom. The molecule has 1 amide bonds. The second-order valence-electron chi connectivity index (χ2n) is 3.60. The van der Waals surface area contributed by atoms with Gasteiger partial charge < -0.3 is 11.5 Å². The van der Waals surface area contributed by atoms with Crippen LogP contribution in [0.1, 0.15) is 16.7 Å². The number of rotatable bonds is 1. The number of nitrogens with two attached hydrogens (primary N) is 2. The summed E-state index contributed by atoms with van der Waals surface area (Å²) in [5, 5.41) is 0. The Balaban J connectivity index is 2.58. The van der Waals surface area contributed by atoms with E-state index in [0.29, 0.717) is 17.7 Å². The molecule has 0 spiro atoms. The van der Waals surface area contributed by atoms with E-state index in [1.807, 2.05) is 25.1 Å². The van der Waals surface area contributed by atoms with Gasteiger partial charge in [0.1, 0.15) is 0 Å². The molecule has 4 N–H and O–H groups in total. The molecule has 1 aromatic carbocycles. The molecular weight excluding hydrogens is 176 g/mol. The Morgan fingerprint density at radius 2 is 2.14 bits per heavy atom. The quantitative estimate of drug-likeness (QED) is 0.681. The van der Waals surface area contributed by atoms with Crippen molar-refractivity contribution in [2.24, 2.45) is 11.5 Å². The molecule has 0 aliphatic heterocycles. The summed E-state index contributed by atoms with van der Waals surface area (Å²) >= 11 is 0. The molecule has 3 heteroatoms. The lowest BCUT2D eigenvalue weighted by molar-refractivity contribution is -0.112. The van der Waals surface area contributed by atoms with Crippen molar-refractivity contribution in [2.45, 2.75) is 13.3 Å². The number of fused-ring (bicyclic) bond motifs is 1. The fourth-order valence-corrected chi connectivity index (χ4v) is 1.87. The van der Waals surface area contributed by atoms with Gasteiger partial charge in [-0.15, -0.1) is 0 Å². The number of hydrogen-bond donors (Lipinski definition) is 2. The zero-order chi connectivity index (χ0) is 10.3. The molecular formula is C11H12N2O. The average molecular weight is 188 g/mol. The highest BCUT2D eigenvalue weighted by Crippen LogP contribution is 2.30. The van der Waals surface area contributed by atoms with Crippen LogP contribution in [0, 0.1) is 6.92 Å². The summed E-state index contributed by atoms with van der Waals surface area (Å²) in [5.74, 6) is -0.440. The molecule has 1 aliphatic rings. The van der Waals surface area contributed by atoms with Crippen LogP contribution in [0.25, 0.3) is 5.57 Å². The Hall–Kier alpha value is -1.77. The summed E-state index contributed by atoms with van der Waals surface area (Å²) in [6.07, 6.45) is 0.634. The normalized spacial score (nSPS) is 14.4. The Morgan fingerprint density at radius 1 is 1.43 bits per heavy atom. The molecule has 72 valence electrons. The van der Waals surface area contributed by atoms with E-state index in [2.05, 4.69) is 0 Å². The van der Waals surface area contributed by atoms with Crippen molar-refractivity contribution in [2.75, 3.05) is 0 Å². The lowest BCUT2D eigenvalue weighted by atomic mass is 10.0. The van der Waals surface area contributed by atoms with Crippen molar-refractivity contribution >= 4 is 11.5 Å². The number of amides is 1. The summed E-state index contributed by atoms with van der Waals surface area (Å²) in [6.45, 7) is 2.01. The van der Waals surface area contributed by atoms with Crippen molar-refractivity contribution in [1.82, 2.24) is 0 Å². The highest BCUT2D eigenvalue weighted by Gasteiger charge is 2.23. The van der Waals surface area contributed by atoms with Crippen LogP contribution in [0.4, 0.5) is 0 Å². The fourth-order valence-electron chi connectivity index (χ4n) is 1.87. The predicted octanol–water partition coefficient (Wildman–Crippen LogP) is 0.706. The van der Waals surface area contributed by atoms with Gasteiger partial charge in [-0.3, -0.25) is 4.79 Å². The maximum Gasteiger partial charge on any atom is 0.251 e. The SMILES string of the molecule is Cc1ccc2c(c1)CC(N)=C2C(N)=O. The summed E-state index contributed by atoms with van der Waals surface area (Å²) in [5.41, 5.74) is 15.2. The number of allylic oxidation sites excluding steroid dienone is 1. The molecule has 0 bridgehead atoms. The van der Waals surface area contributed by atoms with Crippen molar-refractivity contribution in [1.29, 1.82) is 0 Å². The minimum absolute atomic E-state index is 0.440. The van der Waals surface area contributed by atoms with Gasteiger partial charge in [0.2, 0.25) is 0 Å². The Kier molecular flexibility index (Phi) is 1.81. The van der Waals surface area contributed by atoms with Crippen LogP contribution >= 0.6 is 0 Å². The van der Waals surface area contributed by atoms with Gasteiger partial charge >= 0.3 is 0 Å². The highest BCUT2D eigenvalue weighted by molar-refractivity contribution is 6.21. The van der Waals surface area contributed by atoms with Crippen LogP contribution in [0.3, 0.4) is 0 Å². The van der Waals surface area contributed by atoms with Gasteiger partial charge in [-0.05, 0) is 18.1 Å². The van der Waals surface area contributed by atoms with Gasteiger partial charge in [0.15, 0.2) is 0 Å². The zero-order valence-electron chi connectivity index (χ0n) is 8.00. The van der Waals surface area contributed by atoms with Crippen LogP contribution < -0.4 is 11.5 Å². The number of benzene rings is 1. The number of primary amides is 1. The first kappa shape index (κ1) is 8.81. The molecule has 2 rings (SSSR count). The monoisotopic (exact) mass is 188 g/mol. The largest absolute Gasteiger partial charge is 0.401 e. The third-order valence-corrected chi connectivity index (χ3v) is 2.48. The first-order valence-electron chi connectivity index (χ1n) is 4.48. The molecule has 0 unspecified atom stereocenters. The lowest BCUT2D eigenvalue weighted by Crippen LogP contribution is -2.15. The van der Waals surface area contributed by atoms with Crippen LogP contribution in [0.5, 0.6) is 0 Å². The maximum atomic E-state index is 11.1. The van der Waals surface area contributed by atoms with E-state index < -0.39 is 5.91 Å². The first-order valence-corrected chi connectivity index (χ1v) is 4.48. The molecule has 0 atom stereocenters. The standard InChI is InChI=1S/C11H12N2O/c1-6-2-3-8-7(4-6)5-9(12)10(8)11(13)14/h2-4H,5,12H2,1H3,(H2,13,14). The smallest absolute Gasteiger partial charge is 0.251 e. The third-order valence-electron chi connectivity index (χ3n) is 2.48. The molecule has 14 heavy (non-hydrogen) atoms. The minimum atomic E-state index is -0.440. The number of carbonyl (C=O) groups is 1. The lowest BCUT2D eigenvalue weighted by Gasteiger charge is -2.02. The van der Waals surface area contributed by atoms with E-state index in [1.165, 1.54) is 5.56 Å².